The van der Waals surface area contributed by atoms with Crippen molar-refractivity contribution in [3.05, 3.63) is 233 Å². The van der Waals surface area contributed by atoms with E-state index in [2.05, 4.69) is 218 Å². The van der Waals surface area contributed by atoms with Crippen LogP contribution in [0.4, 0.5) is 17.1 Å². The Morgan fingerprint density at radius 1 is 0.375 bits per heavy atom. The lowest BCUT2D eigenvalue weighted by Crippen LogP contribution is -2.49. The summed E-state index contributed by atoms with van der Waals surface area (Å²) in [5.41, 5.74) is 20.1. The van der Waals surface area contributed by atoms with E-state index in [9.17, 15) is 0 Å². The zero-order chi connectivity index (χ0) is 37.4. The van der Waals surface area contributed by atoms with Crippen LogP contribution in [0.5, 0.6) is 0 Å². The average Bonchev–Trinajstić information content (AvgIpc) is 3.48. The number of benzene rings is 8. The Bertz CT molecular complexity index is 2750. The predicted molar refractivity (Wildman–Crippen MR) is 239 cm³/mol. The maximum Gasteiger partial charge on any atom is 0.113 e. The van der Waals surface area contributed by atoms with Crippen LogP contribution in [-0.4, -0.2) is 8.07 Å². The summed E-state index contributed by atoms with van der Waals surface area (Å²) < 4.78 is 0. The van der Waals surface area contributed by atoms with Gasteiger partial charge in [0, 0.05) is 28.9 Å². The molecule has 3 aliphatic carbocycles. The molecule has 0 saturated carbocycles. The van der Waals surface area contributed by atoms with Crippen molar-refractivity contribution in [2.45, 2.75) is 24.9 Å². The number of fused-ring (bicyclic) bond motifs is 3. The van der Waals surface area contributed by atoms with Crippen LogP contribution in [0.25, 0.3) is 34.4 Å². The molecule has 266 valence electrons. The van der Waals surface area contributed by atoms with Gasteiger partial charge >= 0.3 is 0 Å². The highest BCUT2D eigenvalue weighted by Crippen LogP contribution is 2.56. The zero-order valence-electron chi connectivity index (χ0n) is 31.7. The molecule has 1 nitrogen and oxygen atoms in total. The third kappa shape index (κ3) is 5.13. The third-order valence-corrected chi connectivity index (χ3v) is 16.1. The minimum atomic E-state index is -1.96. The zero-order valence-corrected chi connectivity index (χ0v) is 32.7. The fourth-order valence-corrected chi connectivity index (χ4v) is 13.0. The molecule has 0 spiro atoms. The van der Waals surface area contributed by atoms with E-state index >= 15 is 0 Å². The molecule has 0 amide bonds. The van der Waals surface area contributed by atoms with Gasteiger partial charge in [-0.15, -0.1) is 0 Å². The standard InChI is InChI=1S/C54H41NSi/c1-56(2)51-33-37(25-30-43(51)44-32-29-42(35-52(44)56)55(40-13-5-3-6-14-40)41-15-7-4-8-16-41)22-21-36-23-26-38(27-24-36)39-28-31-49-50(34-39)54-47-19-11-9-17-45(47)53(49)46-18-10-12-20-48(46)54/h3-35,53-54H,1-2H3/b22-21+. The highest BCUT2D eigenvalue weighted by molar-refractivity contribution is 7.03. The van der Waals surface area contributed by atoms with Gasteiger partial charge in [-0.05, 0) is 120 Å². The molecule has 0 aromatic heterocycles. The van der Waals surface area contributed by atoms with Crippen molar-refractivity contribution in [2.24, 2.45) is 0 Å². The Hall–Kier alpha value is -6.48. The van der Waals surface area contributed by atoms with Crippen LogP contribution in [0.2, 0.25) is 13.1 Å². The highest BCUT2D eigenvalue weighted by atomic mass is 28.3. The van der Waals surface area contributed by atoms with E-state index in [-0.39, 0.29) is 5.92 Å². The minimum Gasteiger partial charge on any atom is -0.311 e. The quantitative estimate of drug-likeness (QED) is 0.122. The van der Waals surface area contributed by atoms with Crippen molar-refractivity contribution in [1.82, 2.24) is 0 Å². The lowest BCUT2D eigenvalue weighted by Gasteiger charge is -2.42. The van der Waals surface area contributed by atoms with E-state index in [1.165, 1.54) is 94.2 Å². The summed E-state index contributed by atoms with van der Waals surface area (Å²) in [6, 6.07) is 70.0. The molecule has 2 bridgehead atoms. The summed E-state index contributed by atoms with van der Waals surface area (Å²) in [5, 5.41) is 3.02. The van der Waals surface area contributed by atoms with Crippen molar-refractivity contribution in [3.63, 3.8) is 0 Å². The number of para-hydroxylation sites is 2. The molecule has 0 saturated heterocycles. The summed E-state index contributed by atoms with van der Waals surface area (Å²) in [4.78, 5) is 2.38. The smallest absolute Gasteiger partial charge is 0.113 e. The van der Waals surface area contributed by atoms with Gasteiger partial charge in [0.1, 0.15) is 8.07 Å². The second-order valence-corrected chi connectivity index (χ2v) is 20.4. The first-order valence-electron chi connectivity index (χ1n) is 19.8. The topological polar surface area (TPSA) is 3.24 Å². The van der Waals surface area contributed by atoms with Crippen molar-refractivity contribution in [3.8, 4) is 22.3 Å². The van der Waals surface area contributed by atoms with Crippen LogP contribution < -0.4 is 15.3 Å². The first kappa shape index (κ1) is 32.9. The van der Waals surface area contributed by atoms with Crippen molar-refractivity contribution in [2.75, 3.05) is 4.90 Å². The molecule has 1 aliphatic heterocycles. The van der Waals surface area contributed by atoms with Crippen LogP contribution in [0.3, 0.4) is 0 Å². The first-order chi connectivity index (χ1) is 27.5. The number of rotatable bonds is 6. The molecule has 1 heterocycles. The average molecular weight is 732 g/mol. The number of nitrogens with zero attached hydrogens (tertiary/aromatic N) is 1. The maximum atomic E-state index is 2.51. The van der Waals surface area contributed by atoms with Gasteiger partial charge in [-0.25, -0.2) is 0 Å². The monoisotopic (exact) mass is 731 g/mol. The number of hydrogen-bond acceptors (Lipinski definition) is 1. The Morgan fingerprint density at radius 3 is 1.45 bits per heavy atom. The summed E-state index contributed by atoms with van der Waals surface area (Å²) in [6.07, 6.45) is 4.54. The lowest BCUT2D eigenvalue weighted by molar-refractivity contribution is 0.755. The predicted octanol–water partition coefficient (Wildman–Crippen LogP) is 12.8. The largest absolute Gasteiger partial charge is 0.311 e. The van der Waals surface area contributed by atoms with Gasteiger partial charge in [0.05, 0.1) is 0 Å². The molecule has 0 atom stereocenters. The Morgan fingerprint density at radius 2 is 0.839 bits per heavy atom. The normalized spacial score (nSPS) is 16.5. The van der Waals surface area contributed by atoms with Crippen molar-refractivity contribution < 1.29 is 0 Å². The SMILES string of the molecule is C[Si]1(C)c2cc(/C=C/c3ccc(-c4ccc5c(c4)C4c6ccccc6C5c5ccccc54)cc3)ccc2-c2ccc(N(c3ccccc3)c3ccccc3)cc21. The van der Waals surface area contributed by atoms with Crippen LogP contribution in [-0.2, 0) is 0 Å². The molecule has 56 heavy (non-hydrogen) atoms. The first-order valence-corrected chi connectivity index (χ1v) is 22.8. The molecule has 8 aromatic carbocycles. The molecule has 0 radical (unpaired) electrons. The van der Waals surface area contributed by atoms with Crippen molar-refractivity contribution in [1.29, 1.82) is 0 Å². The van der Waals surface area contributed by atoms with Gasteiger partial charge in [0.2, 0.25) is 0 Å². The van der Waals surface area contributed by atoms with E-state index in [1.807, 2.05) is 0 Å². The molecule has 12 rings (SSSR count). The van der Waals surface area contributed by atoms with Crippen LogP contribution in [0.15, 0.2) is 188 Å². The fraction of sp³-hybridized carbons (Fsp3) is 0.0741. The number of anilines is 3. The molecular formula is C54H41NSi. The van der Waals surface area contributed by atoms with Crippen LogP contribution in [0.1, 0.15) is 56.3 Å². The second kappa shape index (κ2) is 12.8. The van der Waals surface area contributed by atoms with Gasteiger partial charge in [0.25, 0.3) is 0 Å². The molecule has 0 N–H and O–H groups in total. The third-order valence-electron chi connectivity index (χ3n) is 12.6. The highest BCUT2D eigenvalue weighted by Gasteiger charge is 2.41. The van der Waals surface area contributed by atoms with Gasteiger partial charge in [0.15, 0.2) is 0 Å². The molecule has 8 aromatic rings. The number of hydrogen-bond donors (Lipinski definition) is 0. The molecule has 2 heteroatoms. The molecular weight excluding hydrogens is 691 g/mol. The van der Waals surface area contributed by atoms with E-state index in [1.54, 1.807) is 0 Å². The lowest BCUT2D eigenvalue weighted by atomic mass is 9.61. The summed E-state index contributed by atoms with van der Waals surface area (Å²) in [6.45, 7) is 5.01. The van der Waals surface area contributed by atoms with Crippen molar-refractivity contribution >= 4 is 47.7 Å². The molecule has 0 fully saturated rings. The Kier molecular flexibility index (Phi) is 7.52. The van der Waals surface area contributed by atoms with E-state index in [4.69, 9.17) is 0 Å². The molecule has 0 unspecified atom stereocenters. The fourth-order valence-electron chi connectivity index (χ4n) is 9.91. The van der Waals surface area contributed by atoms with Gasteiger partial charge in [-0.1, -0.05) is 171 Å². The van der Waals surface area contributed by atoms with E-state index in [0.29, 0.717) is 5.92 Å². The van der Waals surface area contributed by atoms with Crippen LogP contribution >= 0.6 is 0 Å². The van der Waals surface area contributed by atoms with Crippen LogP contribution in [0, 0.1) is 0 Å². The van der Waals surface area contributed by atoms with Gasteiger partial charge in [-0.2, -0.15) is 0 Å². The van der Waals surface area contributed by atoms with Gasteiger partial charge in [-0.3, -0.25) is 0 Å². The second-order valence-electron chi connectivity index (χ2n) is 16.1. The van der Waals surface area contributed by atoms with E-state index < -0.39 is 8.07 Å². The summed E-state index contributed by atoms with van der Waals surface area (Å²) in [5.74, 6) is 0.603. The minimum absolute atomic E-state index is 0.290. The van der Waals surface area contributed by atoms with E-state index in [0.717, 1.165) is 0 Å². The Balaban J connectivity index is 0.862. The Labute approximate surface area is 330 Å². The van der Waals surface area contributed by atoms with Gasteiger partial charge < -0.3 is 4.90 Å². The molecule has 4 aliphatic rings. The maximum absolute atomic E-state index is 2.51. The summed E-state index contributed by atoms with van der Waals surface area (Å²) in [7, 11) is -1.96. The summed E-state index contributed by atoms with van der Waals surface area (Å²) >= 11 is 0.